The highest BCUT2D eigenvalue weighted by Gasteiger charge is 2.48. The summed E-state index contributed by atoms with van der Waals surface area (Å²) in [5.41, 5.74) is 6.64. The van der Waals surface area contributed by atoms with Crippen LogP contribution in [0.1, 0.15) is 23.2 Å². The highest BCUT2D eigenvalue weighted by Crippen LogP contribution is 2.46. The van der Waals surface area contributed by atoms with Crippen molar-refractivity contribution in [1.29, 1.82) is 0 Å². The number of nitrogen functional groups attached to an aromatic ring is 1. The number of nitrogens with two attached hydrogens (primary N) is 1. The van der Waals surface area contributed by atoms with E-state index in [4.69, 9.17) is 5.73 Å². The van der Waals surface area contributed by atoms with Crippen LogP contribution >= 0.6 is 11.8 Å². The number of aliphatic carboxylic acids is 1. The molecule has 1 amide bonds. The minimum absolute atomic E-state index is 0.0248. The van der Waals surface area contributed by atoms with Gasteiger partial charge in [0.25, 0.3) is 5.91 Å². The first-order chi connectivity index (χ1) is 9.59. The van der Waals surface area contributed by atoms with Gasteiger partial charge in [0.05, 0.1) is 10.9 Å². The lowest BCUT2D eigenvalue weighted by atomic mass is 10.1. The average Bonchev–Trinajstić information content (AvgIpc) is 3.17. The van der Waals surface area contributed by atoms with E-state index in [1.165, 1.54) is 4.90 Å². The summed E-state index contributed by atoms with van der Waals surface area (Å²) in [7, 11) is 0. The number of amides is 1. The van der Waals surface area contributed by atoms with Crippen molar-refractivity contribution in [2.45, 2.75) is 24.3 Å². The van der Waals surface area contributed by atoms with Gasteiger partial charge in [0.2, 0.25) is 0 Å². The Labute approximate surface area is 121 Å². The van der Waals surface area contributed by atoms with Gasteiger partial charge in [-0.2, -0.15) is 0 Å². The zero-order chi connectivity index (χ0) is 14.3. The molecule has 1 saturated carbocycles. The first kappa shape index (κ1) is 13.3. The molecule has 6 heteroatoms. The smallest absolute Gasteiger partial charge is 0.327 e. The molecule has 1 aromatic carbocycles. The summed E-state index contributed by atoms with van der Waals surface area (Å²) in [5, 5.41) is 9.31. The van der Waals surface area contributed by atoms with Gasteiger partial charge in [-0.05, 0) is 30.9 Å². The molecule has 1 heterocycles. The molecule has 1 saturated heterocycles. The zero-order valence-electron chi connectivity index (χ0n) is 10.9. The molecule has 0 spiro atoms. The molecule has 1 aliphatic carbocycles. The van der Waals surface area contributed by atoms with Gasteiger partial charge in [-0.1, -0.05) is 12.1 Å². The van der Waals surface area contributed by atoms with E-state index in [1.807, 2.05) is 0 Å². The molecule has 0 radical (unpaired) electrons. The summed E-state index contributed by atoms with van der Waals surface area (Å²) in [4.78, 5) is 25.6. The Morgan fingerprint density at radius 2 is 2.00 bits per heavy atom. The van der Waals surface area contributed by atoms with Crippen molar-refractivity contribution in [1.82, 2.24) is 4.90 Å². The maximum absolute atomic E-state index is 12.7. The van der Waals surface area contributed by atoms with E-state index in [0.29, 0.717) is 22.9 Å². The molecule has 5 nitrogen and oxygen atoms in total. The van der Waals surface area contributed by atoms with E-state index < -0.39 is 12.0 Å². The fourth-order valence-corrected chi connectivity index (χ4v) is 4.18. The van der Waals surface area contributed by atoms with E-state index in [0.717, 1.165) is 12.8 Å². The maximum Gasteiger partial charge on any atom is 0.327 e. The summed E-state index contributed by atoms with van der Waals surface area (Å²) >= 11 is 1.57. The predicted molar refractivity (Wildman–Crippen MR) is 77.4 cm³/mol. The molecule has 20 heavy (non-hydrogen) atoms. The summed E-state index contributed by atoms with van der Waals surface area (Å²) < 4.78 is 0. The fraction of sp³-hybridized carbons (Fsp3) is 0.429. The molecular formula is C14H16N2O3S. The van der Waals surface area contributed by atoms with Gasteiger partial charge in [0, 0.05) is 11.4 Å². The highest BCUT2D eigenvalue weighted by atomic mass is 32.2. The van der Waals surface area contributed by atoms with Gasteiger partial charge >= 0.3 is 5.97 Å². The van der Waals surface area contributed by atoms with Crippen LogP contribution < -0.4 is 5.73 Å². The van der Waals surface area contributed by atoms with Crippen LogP contribution in [0.25, 0.3) is 0 Å². The van der Waals surface area contributed by atoms with Crippen LogP contribution in [-0.4, -0.2) is 39.1 Å². The molecule has 3 N–H and O–H groups in total. The van der Waals surface area contributed by atoms with Gasteiger partial charge in [0.15, 0.2) is 0 Å². The monoisotopic (exact) mass is 292 g/mol. The molecule has 1 aromatic rings. The van der Waals surface area contributed by atoms with Gasteiger partial charge in [-0.15, -0.1) is 11.8 Å². The van der Waals surface area contributed by atoms with Gasteiger partial charge in [-0.25, -0.2) is 4.79 Å². The normalized spacial score (nSPS) is 25.7. The number of carboxylic acid groups (broad SMARTS) is 1. The van der Waals surface area contributed by atoms with Crippen LogP contribution in [0.3, 0.4) is 0 Å². The van der Waals surface area contributed by atoms with Crippen LogP contribution in [0, 0.1) is 5.92 Å². The third-order valence-electron chi connectivity index (χ3n) is 3.77. The van der Waals surface area contributed by atoms with Crippen molar-refractivity contribution in [3.63, 3.8) is 0 Å². The highest BCUT2D eigenvalue weighted by molar-refractivity contribution is 8.00. The molecule has 106 valence electrons. The summed E-state index contributed by atoms with van der Waals surface area (Å²) in [5.74, 6) is -0.325. The van der Waals surface area contributed by atoms with Crippen LogP contribution in [0.15, 0.2) is 24.3 Å². The number of carbonyl (C=O) groups excluding carboxylic acids is 1. The summed E-state index contributed by atoms with van der Waals surface area (Å²) in [6, 6.07) is 6.08. The van der Waals surface area contributed by atoms with Gasteiger partial charge < -0.3 is 15.7 Å². The maximum atomic E-state index is 12.7. The Hall–Kier alpha value is -1.69. The van der Waals surface area contributed by atoms with Crippen molar-refractivity contribution in [2.24, 2.45) is 5.92 Å². The largest absolute Gasteiger partial charge is 0.480 e. The number of carbonyl (C=O) groups is 2. The Balaban J connectivity index is 1.93. The van der Waals surface area contributed by atoms with Crippen molar-refractivity contribution in [3.8, 4) is 0 Å². The number of hydrogen-bond donors (Lipinski definition) is 2. The number of hydrogen-bond acceptors (Lipinski definition) is 4. The van der Waals surface area contributed by atoms with Crippen LogP contribution in [0.4, 0.5) is 5.69 Å². The number of benzene rings is 1. The minimum Gasteiger partial charge on any atom is -0.480 e. The average molecular weight is 292 g/mol. The number of para-hydroxylation sites is 1. The lowest BCUT2D eigenvalue weighted by Crippen LogP contribution is -2.46. The standard InChI is InChI=1S/C14H16N2O3S/c15-10-4-2-1-3-9(10)12(17)16-11(14(18)19)7-20-13(16)8-5-6-8/h1-4,8,11,13H,5-7,15H2,(H,18,19). The quantitative estimate of drug-likeness (QED) is 0.828. The van der Waals surface area contributed by atoms with Gasteiger partial charge in [0.1, 0.15) is 6.04 Å². The van der Waals surface area contributed by atoms with Crippen molar-refractivity contribution in [2.75, 3.05) is 11.5 Å². The molecule has 3 rings (SSSR count). The van der Waals surface area contributed by atoms with E-state index in [1.54, 1.807) is 36.0 Å². The van der Waals surface area contributed by atoms with E-state index in [9.17, 15) is 14.7 Å². The first-order valence-electron chi connectivity index (χ1n) is 6.61. The second-order valence-electron chi connectivity index (χ2n) is 5.22. The number of rotatable bonds is 3. The Morgan fingerprint density at radius 3 is 2.60 bits per heavy atom. The lowest BCUT2D eigenvalue weighted by Gasteiger charge is -2.27. The summed E-state index contributed by atoms with van der Waals surface area (Å²) in [6.45, 7) is 0. The zero-order valence-corrected chi connectivity index (χ0v) is 11.7. The van der Waals surface area contributed by atoms with E-state index in [2.05, 4.69) is 0 Å². The van der Waals surface area contributed by atoms with Crippen LogP contribution in [0.5, 0.6) is 0 Å². The SMILES string of the molecule is Nc1ccccc1C(=O)N1C(C(=O)O)CSC1C1CC1. The lowest BCUT2D eigenvalue weighted by molar-refractivity contribution is -0.141. The van der Waals surface area contributed by atoms with E-state index in [-0.39, 0.29) is 11.3 Å². The Kier molecular flexibility index (Phi) is 3.33. The molecule has 0 aromatic heterocycles. The fourth-order valence-electron chi connectivity index (χ4n) is 2.55. The molecule has 0 bridgehead atoms. The van der Waals surface area contributed by atoms with Gasteiger partial charge in [-0.3, -0.25) is 4.79 Å². The molecule has 2 unspecified atom stereocenters. The molecule has 2 atom stereocenters. The first-order valence-corrected chi connectivity index (χ1v) is 7.66. The topological polar surface area (TPSA) is 83.6 Å². The number of thioether (sulfide) groups is 1. The van der Waals surface area contributed by atoms with Crippen molar-refractivity contribution in [3.05, 3.63) is 29.8 Å². The van der Waals surface area contributed by atoms with Crippen LogP contribution in [-0.2, 0) is 4.79 Å². The molecule has 2 fully saturated rings. The number of carboxylic acids is 1. The number of nitrogens with zero attached hydrogens (tertiary/aromatic N) is 1. The molecule has 1 aliphatic heterocycles. The number of anilines is 1. The third kappa shape index (κ3) is 2.24. The molecular weight excluding hydrogens is 276 g/mol. The second kappa shape index (κ2) is 5.01. The predicted octanol–water partition coefficient (Wildman–Crippen LogP) is 1.65. The van der Waals surface area contributed by atoms with E-state index >= 15 is 0 Å². The summed E-state index contributed by atoms with van der Waals surface area (Å²) in [6.07, 6.45) is 2.14. The third-order valence-corrected chi connectivity index (χ3v) is 5.23. The van der Waals surface area contributed by atoms with Crippen LogP contribution in [0.2, 0.25) is 0 Å². The minimum atomic E-state index is -0.941. The van der Waals surface area contributed by atoms with Crippen molar-refractivity contribution >= 4 is 29.3 Å². The van der Waals surface area contributed by atoms with Crippen molar-refractivity contribution < 1.29 is 14.7 Å². The molecule has 2 aliphatic rings. The Bertz CT molecular complexity index is 559. The second-order valence-corrected chi connectivity index (χ2v) is 6.36. The Morgan fingerprint density at radius 1 is 1.30 bits per heavy atom.